The number of likely N-dealkylation sites (N-methyl/N-ethyl adjacent to an activating group) is 1. The average molecular weight is 408 g/mol. The summed E-state index contributed by atoms with van der Waals surface area (Å²) in [5, 5.41) is 0.747. The molecule has 1 aliphatic rings. The summed E-state index contributed by atoms with van der Waals surface area (Å²) in [7, 11) is 0. The summed E-state index contributed by atoms with van der Waals surface area (Å²) in [6.45, 7) is 4.62. The van der Waals surface area contributed by atoms with Gasteiger partial charge < -0.3 is 4.57 Å². The number of benzene rings is 2. The van der Waals surface area contributed by atoms with Crippen molar-refractivity contribution in [3.63, 3.8) is 0 Å². The molecule has 4 rings (SSSR count). The van der Waals surface area contributed by atoms with Gasteiger partial charge in [0, 0.05) is 29.3 Å². The topological polar surface area (TPSA) is 42.3 Å². The highest BCUT2D eigenvalue weighted by Crippen LogP contribution is 2.35. The van der Waals surface area contributed by atoms with E-state index in [0.29, 0.717) is 23.6 Å². The third-order valence-electron chi connectivity index (χ3n) is 5.17. The fourth-order valence-electron chi connectivity index (χ4n) is 3.71. The Bertz CT molecular complexity index is 1150. The van der Waals surface area contributed by atoms with Crippen molar-refractivity contribution in [3.05, 3.63) is 76.1 Å². The van der Waals surface area contributed by atoms with E-state index in [1.165, 1.54) is 11.0 Å². The largest absolute Gasteiger partial charge is 0.342 e. The zero-order chi connectivity index (χ0) is 20.5. The number of thioether (sulfide) groups is 1. The molecule has 0 bridgehead atoms. The molecule has 1 fully saturated rings. The molecule has 2 amide bonds. The van der Waals surface area contributed by atoms with Crippen LogP contribution in [0.15, 0.2) is 53.6 Å². The van der Waals surface area contributed by atoms with Crippen LogP contribution in [0.2, 0.25) is 0 Å². The minimum atomic E-state index is -0.260. The van der Waals surface area contributed by atoms with Gasteiger partial charge in [-0.1, -0.05) is 43.3 Å². The van der Waals surface area contributed by atoms with E-state index in [1.54, 1.807) is 25.1 Å². The quantitative estimate of drug-likeness (QED) is 0.528. The molecule has 0 atom stereocenters. The smallest absolute Gasteiger partial charge is 0.293 e. The van der Waals surface area contributed by atoms with Crippen molar-refractivity contribution in [1.82, 2.24) is 9.47 Å². The number of hydrogen-bond acceptors (Lipinski definition) is 3. The molecule has 0 N–H and O–H groups in total. The van der Waals surface area contributed by atoms with Crippen LogP contribution in [0.25, 0.3) is 17.0 Å². The minimum absolute atomic E-state index is 0.242. The van der Waals surface area contributed by atoms with Gasteiger partial charge in [0.15, 0.2) is 0 Å². The number of nitrogens with zero attached hydrogens (tertiary/aromatic N) is 2. The Labute approximate surface area is 173 Å². The number of carbonyl (C=O) groups is 2. The van der Waals surface area contributed by atoms with E-state index in [1.807, 2.05) is 29.0 Å². The van der Waals surface area contributed by atoms with E-state index in [2.05, 4.69) is 13.0 Å². The van der Waals surface area contributed by atoms with E-state index in [9.17, 15) is 14.0 Å². The monoisotopic (exact) mass is 408 g/mol. The number of imide groups is 1. The van der Waals surface area contributed by atoms with Gasteiger partial charge in [0.2, 0.25) is 0 Å². The first-order valence-corrected chi connectivity index (χ1v) is 10.4. The molecule has 0 saturated carbocycles. The van der Waals surface area contributed by atoms with Gasteiger partial charge in [-0.3, -0.25) is 14.5 Å². The molecule has 1 saturated heterocycles. The fraction of sp³-hybridized carbons (Fsp3) is 0.217. The molecule has 0 spiro atoms. The lowest BCUT2D eigenvalue weighted by atomic mass is 10.1. The maximum absolute atomic E-state index is 14.3. The second-order valence-corrected chi connectivity index (χ2v) is 7.89. The van der Waals surface area contributed by atoms with E-state index >= 15 is 0 Å². The Kier molecular flexibility index (Phi) is 5.28. The number of aromatic nitrogens is 1. The summed E-state index contributed by atoms with van der Waals surface area (Å²) in [6, 6.07) is 12.8. The summed E-state index contributed by atoms with van der Waals surface area (Å²) in [4.78, 5) is 26.2. The first-order chi connectivity index (χ1) is 14.0. The second kappa shape index (κ2) is 7.87. The first-order valence-electron chi connectivity index (χ1n) is 9.63. The summed E-state index contributed by atoms with van der Waals surface area (Å²) < 4.78 is 16.3. The van der Waals surface area contributed by atoms with Gasteiger partial charge in [-0.2, -0.15) is 0 Å². The Balaban J connectivity index is 1.84. The van der Waals surface area contributed by atoms with Crippen LogP contribution in [-0.4, -0.2) is 27.2 Å². The van der Waals surface area contributed by atoms with Crippen molar-refractivity contribution in [2.24, 2.45) is 0 Å². The third-order valence-corrected chi connectivity index (χ3v) is 6.08. The van der Waals surface area contributed by atoms with Crippen molar-refractivity contribution in [1.29, 1.82) is 0 Å². The van der Waals surface area contributed by atoms with Crippen LogP contribution >= 0.6 is 11.8 Å². The van der Waals surface area contributed by atoms with Crippen molar-refractivity contribution in [3.8, 4) is 0 Å². The van der Waals surface area contributed by atoms with Gasteiger partial charge in [0.05, 0.1) is 17.0 Å². The van der Waals surface area contributed by atoms with Crippen LogP contribution in [-0.2, 0) is 17.8 Å². The molecular formula is C23H21FN2O2S. The maximum Gasteiger partial charge on any atom is 0.293 e. The molecule has 4 nitrogen and oxygen atoms in total. The summed E-state index contributed by atoms with van der Waals surface area (Å²) in [6.07, 6.45) is 4.56. The van der Waals surface area contributed by atoms with Crippen LogP contribution in [0, 0.1) is 5.82 Å². The lowest BCUT2D eigenvalue weighted by molar-refractivity contribution is -0.122. The van der Waals surface area contributed by atoms with Crippen molar-refractivity contribution >= 4 is 39.9 Å². The maximum atomic E-state index is 14.3. The molecule has 2 aromatic carbocycles. The highest BCUT2D eigenvalue weighted by Gasteiger charge is 2.33. The molecule has 148 valence electrons. The standard InChI is InChI=1S/C23H21FN2O2S/c1-3-15-9-7-10-18-17(12-20-22(27)26(4-2)23(28)29-20)14-25(21(15)18)13-16-8-5-6-11-19(16)24/h5-12,14H,3-4,13H2,1-2H3/b20-12-. The van der Waals surface area contributed by atoms with Crippen LogP contribution in [0.5, 0.6) is 0 Å². The van der Waals surface area contributed by atoms with E-state index in [4.69, 9.17) is 0 Å². The summed E-state index contributed by atoms with van der Waals surface area (Å²) in [5.41, 5.74) is 3.64. The molecule has 0 aliphatic carbocycles. The molecular weight excluding hydrogens is 387 g/mol. The molecule has 1 aliphatic heterocycles. The Hall–Kier alpha value is -2.86. The van der Waals surface area contributed by atoms with E-state index < -0.39 is 0 Å². The molecule has 0 radical (unpaired) electrons. The zero-order valence-corrected chi connectivity index (χ0v) is 17.1. The van der Waals surface area contributed by atoms with Crippen LogP contribution in [0.3, 0.4) is 0 Å². The van der Waals surface area contributed by atoms with Gasteiger partial charge in [-0.15, -0.1) is 0 Å². The molecule has 6 heteroatoms. The minimum Gasteiger partial charge on any atom is -0.342 e. The SMILES string of the molecule is CCc1cccc2c(/C=C3\SC(=O)N(CC)C3=O)cn(Cc3ccccc3F)c12. The van der Waals surface area contributed by atoms with Crippen molar-refractivity contribution in [2.45, 2.75) is 26.8 Å². The second-order valence-electron chi connectivity index (χ2n) is 6.90. The summed E-state index contributed by atoms with van der Waals surface area (Å²) in [5.74, 6) is -0.502. The van der Waals surface area contributed by atoms with Crippen molar-refractivity contribution < 1.29 is 14.0 Å². The van der Waals surface area contributed by atoms with E-state index in [0.717, 1.165) is 40.2 Å². The first kappa shape index (κ1) is 19.5. The molecule has 2 heterocycles. The van der Waals surface area contributed by atoms with Crippen molar-refractivity contribution in [2.75, 3.05) is 6.54 Å². The van der Waals surface area contributed by atoms with Crippen LogP contribution in [0.1, 0.15) is 30.5 Å². The number of para-hydroxylation sites is 1. The van der Waals surface area contributed by atoms with Gasteiger partial charge in [0.1, 0.15) is 5.82 Å². The fourth-order valence-corrected chi connectivity index (χ4v) is 4.61. The third kappa shape index (κ3) is 3.49. The number of fused-ring (bicyclic) bond motifs is 1. The van der Waals surface area contributed by atoms with Crippen LogP contribution < -0.4 is 0 Å². The zero-order valence-electron chi connectivity index (χ0n) is 16.3. The van der Waals surface area contributed by atoms with Gasteiger partial charge in [-0.05, 0) is 42.8 Å². The van der Waals surface area contributed by atoms with E-state index in [-0.39, 0.29) is 17.0 Å². The van der Waals surface area contributed by atoms with Crippen LogP contribution in [0.4, 0.5) is 9.18 Å². The predicted octanol–water partition coefficient (Wildman–Crippen LogP) is 5.45. The Morgan fingerprint density at radius 3 is 2.48 bits per heavy atom. The highest BCUT2D eigenvalue weighted by atomic mass is 32.2. The molecule has 1 aromatic heterocycles. The Morgan fingerprint density at radius 1 is 1.03 bits per heavy atom. The number of carbonyl (C=O) groups excluding carboxylic acids is 2. The average Bonchev–Trinajstić information content (AvgIpc) is 3.20. The number of rotatable bonds is 5. The lowest BCUT2D eigenvalue weighted by Gasteiger charge is -2.09. The number of halogens is 1. The van der Waals surface area contributed by atoms with Gasteiger partial charge in [-0.25, -0.2) is 4.39 Å². The summed E-state index contributed by atoms with van der Waals surface area (Å²) >= 11 is 0.965. The van der Waals surface area contributed by atoms with Gasteiger partial charge in [0.25, 0.3) is 11.1 Å². The number of hydrogen-bond donors (Lipinski definition) is 0. The highest BCUT2D eigenvalue weighted by molar-refractivity contribution is 8.18. The number of aryl methyl sites for hydroxylation is 1. The lowest BCUT2D eigenvalue weighted by Crippen LogP contribution is -2.27. The Morgan fingerprint density at radius 2 is 1.79 bits per heavy atom. The molecule has 3 aromatic rings. The normalized spacial score (nSPS) is 15.8. The molecule has 29 heavy (non-hydrogen) atoms. The van der Waals surface area contributed by atoms with Gasteiger partial charge >= 0.3 is 0 Å². The predicted molar refractivity (Wildman–Crippen MR) is 115 cm³/mol. The number of amides is 2. The molecule has 0 unspecified atom stereocenters.